The molecule has 47 heavy (non-hydrogen) atoms. The first-order valence-corrected chi connectivity index (χ1v) is 14.5. The van der Waals surface area contributed by atoms with Crippen LogP contribution in [-0.4, -0.2) is 77.7 Å². The molecule has 244 valence electrons. The fourth-order valence-corrected chi connectivity index (χ4v) is 6.52. The van der Waals surface area contributed by atoms with Crippen LogP contribution in [0, 0.1) is 0 Å². The van der Waals surface area contributed by atoms with E-state index in [0.29, 0.717) is 11.1 Å². The molecule has 0 spiro atoms. The average molecular weight is 647 g/mol. The van der Waals surface area contributed by atoms with Crippen LogP contribution in [0.1, 0.15) is 51.6 Å². The summed E-state index contributed by atoms with van der Waals surface area (Å²) in [6, 6.07) is 6.10. The number of phenols is 4. The summed E-state index contributed by atoms with van der Waals surface area (Å²) in [6.45, 7) is 1.38. The molecule has 2 heterocycles. The first-order valence-electron chi connectivity index (χ1n) is 14.5. The van der Waals surface area contributed by atoms with Gasteiger partial charge < -0.3 is 44.1 Å². The number of methoxy groups -OCH3 is 3. The standard InChI is InChI=1S/C34H30O13/c1-13(35)5-18-8-14-6-16-10-20(43-2)27(31(39)23(16)29(37)25(14)33(41)46-18)28-21(44-3)11-17-7-15-9-19(12-22(36)45-4)47-34(42)26(15)30(38)24(17)32(28)40/h6-7,10-11,18-19,37-40H,5,8-9,12H2,1-4H3. The average Bonchev–Trinajstić information content (AvgIpc) is 3.00. The topological polar surface area (TPSA) is 195 Å². The van der Waals surface area contributed by atoms with Gasteiger partial charge in [0.25, 0.3) is 0 Å². The van der Waals surface area contributed by atoms with Gasteiger partial charge in [0.15, 0.2) is 0 Å². The lowest BCUT2D eigenvalue weighted by Crippen LogP contribution is -2.30. The quantitative estimate of drug-likeness (QED) is 0.165. The number of hydrogen-bond donors (Lipinski definition) is 4. The molecule has 6 rings (SSSR count). The molecule has 0 amide bonds. The lowest BCUT2D eigenvalue weighted by Gasteiger charge is -2.27. The first-order chi connectivity index (χ1) is 22.4. The largest absolute Gasteiger partial charge is 0.506 e. The molecular weight excluding hydrogens is 616 g/mol. The van der Waals surface area contributed by atoms with E-state index in [1.165, 1.54) is 40.4 Å². The zero-order valence-electron chi connectivity index (χ0n) is 25.8. The molecule has 0 aliphatic carbocycles. The highest BCUT2D eigenvalue weighted by atomic mass is 16.6. The predicted molar refractivity (Wildman–Crippen MR) is 164 cm³/mol. The van der Waals surface area contributed by atoms with Gasteiger partial charge in [-0.15, -0.1) is 0 Å². The maximum absolute atomic E-state index is 13.0. The number of fused-ring (bicyclic) bond motifs is 4. The fraction of sp³-hybridized carbons (Fsp3) is 0.294. The van der Waals surface area contributed by atoms with E-state index in [1.807, 2.05) is 0 Å². The van der Waals surface area contributed by atoms with Crippen molar-refractivity contribution in [2.24, 2.45) is 0 Å². The Kier molecular flexibility index (Phi) is 7.70. The number of esters is 3. The maximum atomic E-state index is 13.0. The molecule has 0 fully saturated rings. The molecule has 4 aromatic rings. The second-order valence-electron chi connectivity index (χ2n) is 11.5. The first kappa shape index (κ1) is 31.3. The molecule has 2 atom stereocenters. The minimum atomic E-state index is -0.908. The summed E-state index contributed by atoms with van der Waals surface area (Å²) in [5.74, 6) is -4.83. The highest BCUT2D eigenvalue weighted by molar-refractivity contribution is 6.13. The van der Waals surface area contributed by atoms with Crippen LogP contribution < -0.4 is 9.47 Å². The normalized spacial score (nSPS) is 17.0. The molecule has 2 unspecified atom stereocenters. The number of carbonyl (C=O) groups is 4. The predicted octanol–water partition coefficient (Wildman–Crippen LogP) is 4.20. The van der Waals surface area contributed by atoms with Crippen molar-refractivity contribution >= 4 is 45.2 Å². The van der Waals surface area contributed by atoms with E-state index in [0.717, 1.165) is 0 Å². The maximum Gasteiger partial charge on any atom is 0.342 e. The Morgan fingerprint density at radius 2 is 1.09 bits per heavy atom. The number of ether oxygens (including phenoxy) is 5. The van der Waals surface area contributed by atoms with E-state index in [9.17, 15) is 39.6 Å². The second-order valence-corrected chi connectivity index (χ2v) is 11.5. The Morgan fingerprint density at radius 3 is 1.47 bits per heavy atom. The van der Waals surface area contributed by atoms with E-state index in [2.05, 4.69) is 4.74 Å². The molecule has 0 bridgehead atoms. The van der Waals surface area contributed by atoms with Gasteiger partial charge in [-0.1, -0.05) is 0 Å². The van der Waals surface area contributed by atoms with E-state index in [1.54, 1.807) is 12.1 Å². The molecule has 2 aliphatic rings. The number of rotatable bonds is 7. The van der Waals surface area contributed by atoms with Crippen molar-refractivity contribution in [3.05, 3.63) is 46.5 Å². The molecule has 4 N–H and O–H groups in total. The molecule has 0 radical (unpaired) electrons. The van der Waals surface area contributed by atoms with Crippen molar-refractivity contribution in [1.29, 1.82) is 0 Å². The third-order valence-corrected chi connectivity index (χ3v) is 8.52. The summed E-state index contributed by atoms with van der Waals surface area (Å²) in [5.41, 5.74) is 0.0987. The summed E-state index contributed by atoms with van der Waals surface area (Å²) < 4.78 is 26.6. The van der Waals surface area contributed by atoms with Gasteiger partial charge in [0.2, 0.25) is 0 Å². The summed E-state index contributed by atoms with van der Waals surface area (Å²) in [4.78, 5) is 49.4. The van der Waals surface area contributed by atoms with Crippen molar-refractivity contribution in [3.8, 4) is 45.6 Å². The van der Waals surface area contributed by atoms with Gasteiger partial charge in [0, 0.05) is 19.3 Å². The van der Waals surface area contributed by atoms with Crippen LogP contribution in [0.3, 0.4) is 0 Å². The number of benzene rings is 4. The van der Waals surface area contributed by atoms with Gasteiger partial charge in [-0.05, 0) is 53.1 Å². The number of cyclic esters (lactones) is 2. The Hall–Kier alpha value is -5.72. The number of phenolic OH excluding ortho intramolecular Hbond substituents is 4. The highest BCUT2D eigenvalue weighted by Crippen LogP contribution is 2.56. The number of carbonyl (C=O) groups excluding carboxylic acids is 4. The Balaban J connectivity index is 1.57. The minimum absolute atomic E-state index is 0.000368. The third-order valence-electron chi connectivity index (χ3n) is 8.52. The summed E-state index contributed by atoms with van der Waals surface area (Å²) >= 11 is 0. The third kappa shape index (κ3) is 5.03. The Bertz CT molecular complexity index is 2040. The summed E-state index contributed by atoms with van der Waals surface area (Å²) in [5, 5.41) is 46.4. The lowest BCUT2D eigenvalue weighted by molar-refractivity contribution is -0.143. The van der Waals surface area contributed by atoms with Crippen molar-refractivity contribution in [2.75, 3.05) is 21.3 Å². The fourth-order valence-electron chi connectivity index (χ4n) is 6.52. The number of Topliss-reactive ketones (excluding diaryl/α,β-unsaturated/α-hetero) is 1. The van der Waals surface area contributed by atoms with E-state index in [-0.39, 0.29) is 86.8 Å². The molecule has 2 aliphatic heterocycles. The van der Waals surface area contributed by atoms with Crippen LogP contribution in [-0.2, 0) is 36.6 Å². The van der Waals surface area contributed by atoms with Crippen LogP contribution in [0.2, 0.25) is 0 Å². The van der Waals surface area contributed by atoms with Crippen molar-refractivity contribution in [1.82, 2.24) is 0 Å². The second kappa shape index (κ2) is 11.6. The van der Waals surface area contributed by atoms with Crippen LogP contribution in [0.5, 0.6) is 34.5 Å². The van der Waals surface area contributed by atoms with Crippen molar-refractivity contribution in [2.45, 2.75) is 44.8 Å². The zero-order valence-corrected chi connectivity index (χ0v) is 25.8. The number of aromatic hydroxyl groups is 4. The van der Waals surface area contributed by atoms with Gasteiger partial charge >= 0.3 is 17.9 Å². The SMILES string of the molecule is COC(=O)CC1Cc2cc3cc(OC)c(-c4c(OC)cc5cc6c(c(O)c5c4O)C(=O)OC(CC(C)=O)C6)c(O)c3c(O)c2C(=O)O1. The smallest absolute Gasteiger partial charge is 0.342 e. The zero-order chi connectivity index (χ0) is 33.9. The van der Waals surface area contributed by atoms with Crippen LogP contribution in [0.15, 0.2) is 24.3 Å². The number of ketones is 1. The monoisotopic (exact) mass is 646 g/mol. The van der Waals surface area contributed by atoms with Crippen molar-refractivity contribution in [3.63, 3.8) is 0 Å². The molecule has 0 saturated carbocycles. The van der Waals surface area contributed by atoms with Crippen LogP contribution in [0.25, 0.3) is 32.7 Å². The van der Waals surface area contributed by atoms with Gasteiger partial charge in [0.05, 0.1) is 49.6 Å². The molecular formula is C34H30O13. The van der Waals surface area contributed by atoms with Gasteiger partial charge in [-0.2, -0.15) is 0 Å². The van der Waals surface area contributed by atoms with Gasteiger partial charge in [-0.25, -0.2) is 9.59 Å². The van der Waals surface area contributed by atoms with Crippen LogP contribution >= 0.6 is 0 Å². The highest BCUT2D eigenvalue weighted by Gasteiger charge is 2.36. The molecule has 13 heteroatoms. The summed E-state index contributed by atoms with van der Waals surface area (Å²) in [7, 11) is 3.85. The molecule has 0 aromatic heterocycles. The van der Waals surface area contributed by atoms with Gasteiger partial charge in [0.1, 0.15) is 63.6 Å². The van der Waals surface area contributed by atoms with E-state index >= 15 is 0 Å². The molecule has 4 aromatic carbocycles. The van der Waals surface area contributed by atoms with Crippen LogP contribution in [0.4, 0.5) is 0 Å². The van der Waals surface area contributed by atoms with E-state index < -0.39 is 53.1 Å². The molecule has 0 saturated heterocycles. The minimum Gasteiger partial charge on any atom is -0.506 e. The van der Waals surface area contributed by atoms with Gasteiger partial charge in [-0.3, -0.25) is 9.59 Å². The summed E-state index contributed by atoms with van der Waals surface area (Å²) in [6.07, 6.45) is -1.49. The van der Waals surface area contributed by atoms with E-state index in [4.69, 9.17) is 18.9 Å². The van der Waals surface area contributed by atoms with Crippen molar-refractivity contribution < 1.29 is 63.3 Å². The number of hydrogen-bond acceptors (Lipinski definition) is 13. The lowest BCUT2D eigenvalue weighted by atomic mass is 9.87. The molecule has 13 nitrogen and oxygen atoms in total. The Labute approximate surface area is 266 Å². The Morgan fingerprint density at radius 1 is 0.681 bits per heavy atom.